The first-order valence-corrected chi connectivity index (χ1v) is 7.21. The second-order valence-electron chi connectivity index (χ2n) is 5.43. The van der Waals surface area contributed by atoms with Crippen LogP contribution in [0.25, 0.3) is 0 Å². The van der Waals surface area contributed by atoms with Crippen LogP contribution in [0.2, 0.25) is 0 Å². The van der Waals surface area contributed by atoms with Gasteiger partial charge in [-0.2, -0.15) is 0 Å². The van der Waals surface area contributed by atoms with E-state index in [-0.39, 0.29) is 0 Å². The number of benzene rings is 1. The lowest BCUT2D eigenvalue weighted by Gasteiger charge is -2.21. The van der Waals surface area contributed by atoms with E-state index >= 15 is 0 Å². The van der Waals surface area contributed by atoms with Gasteiger partial charge < -0.3 is 10.4 Å². The molecule has 0 spiro atoms. The monoisotopic (exact) mass is 268 g/mol. The maximum absolute atomic E-state index is 10.2. The first-order valence-electron chi connectivity index (χ1n) is 7.21. The molecule has 0 aliphatic heterocycles. The van der Waals surface area contributed by atoms with Crippen molar-refractivity contribution in [2.45, 2.75) is 25.0 Å². The maximum atomic E-state index is 10.2. The summed E-state index contributed by atoms with van der Waals surface area (Å²) in [7, 11) is 0. The quantitative estimate of drug-likeness (QED) is 0.846. The van der Waals surface area contributed by atoms with Gasteiger partial charge in [-0.15, -0.1) is 0 Å². The third kappa shape index (κ3) is 3.24. The maximum Gasteiger partial charge on any atom is 0.0915 e. The minimum atomic E-state index is -0.483. The highest BCUT2D eigenvalue weighted by molar-refractivity contribution is 5.21. The predicted molar refractivity (Wildman–Crippen MR) is 79.1 cm³/mol. The predicted octanol–water partition coefficient (Wildman–Crippen LogP) is 2.86. The second-order valence-corrected chi connectivity index (χ2v) is 5.43. The van der Waals surface area contributed by atoms with Crippen LogP contribution in [0, 0.1) is 5.92 Å². The van der Waals surface area contributed by atoms with Gasteiger partial charge in [0.25, 0.3) is 0 Å². The van der Waals surface area contributed by atoms with Crippen LogP contribution in [-0.2, 0) is 0 Å². The average Bonchev–Trinajstić information content (AvgIpc) is 3.34. The number of aliphatic hydroxyl groups excluding tert-OH is 1. The standard InChI is InChI=1S/C17H20N2O/c20-16(13-8-10-18-11-9-13)12-19-17(15-6-7-15)14-4-2-1-3-5-14/h1-5,8-11,15-17,19-20H,6-7,12H2/t16-,17-/m1/s1. The number of pyridine rings is 1. The van der Waals surface area contributed by atoms with E-state index in [1.807, 2.05) is 18.2 Å². The van der Waals surface area contributed by atoms with Crippen molar-refractivity contribution in [3.63, 3.8) is 0 Å². The Labute approximate surface area is 119 Å². The lowest BCUT2D eigenvalue weighted by atomic mass is 10.0. The van der Waals surface area contributed by atoms with Gasteiger partial charge in [0.2, 0.25) is 0 Å². The summed E-state index contributed by atoms with van der Waals surface area (Å²) in [5, 5.41) is 13.8. The molecule has 104 valence electrons. The van der Waals surface area contributed by atoms with E-state index in [0.29, 0.717) is 18.5 Å². The molecule has 1 saturated carbocycles. The summed E-state index contributed by atoms with van der Waals surface area (Å²) in [5.74, 6) is 0.710. The Morgan fingerprint density at radius 1 is 1.05 bits per heavy atom. The van der Waals surface area contributed by atoms with E-state index in [1.54, 1.807) is 12.4 Å². The van der Waals surface area contributed by atoms with Crippen molar-refractivity contribution in [2.75, 3.05) is 6.54 Å². The lowest BCUT2D eigenvalue weighted by Crippen LogP contribution is -2.27. The van der Waals surface area contributed by atoms with Crippen LogP contribution in [0.4, 0.5) is 0 Å². The van der Waals surface area contributed by atoms with Crippen molar-refractivity contribution in [1.29, 1.82) is 0 Å². The highest BCUT2D eigenvalue weighted by atomic mass is 16.3. The molecule has 0 bridgehead atoms. The number of aliphatic hydroxyl groups is 1. The van der Waals surface area contributed by atoms with Crippen LogP contribution in [0.5, 0.6) is 0 Å². The molecule has 1 aliphatic rings. The van der Waals surface area contributed by atoms with Crippen LogP contribution in [-0.4, -0.2) is 16.6 Å². The molecule has 1 fully saturated rings. The zero-order valence-corrected chi connectivity index (χ0v) is 11.4. The van der Waals surface area contributed by atoms with Gasteiger partial charge in [-0.05, 0) is 42.0 Å². The largest absolute Gasteiger partial charge is 0.387 e. The van der Waals surface area contributed by atoms with E-state index < -0.39 is 6.10 Å². The van der Waals surface area contributed by atoms with Gasteiger partial charge in [0.05, 0.1) is 6.10 Å². The molecule has 1 aromatic carbocycles. The molecule has 0 radical (unpaired) electrons. The second kappa shape index (κ2) is 6.16. The molecule has 3 rings (SSSR count). The fourth-order valence-electron chi connectivity index (χ4n) is 2.59. The Balaban J connectivity index is 1.63. The summed E-state index contributed by atoms with van der Waals surface area (Å²) >= 11 is 0. The highest BCUT2D eigenvalue weighted by Crippen LogP contribution is 2.41. The van der Waals surface area contributed by atoms with Gasteiger partial charge in [0.15, 0.2) is 0 Å². The molecule has 2 atom stereocenters. The summed E-state index contributed by atoms with van der Waals surface area (Å²) in [5.41, 5.74) is 2.23. The molecule has 1 heterocycles. The van der Waals surface area contributed by atoms with Crippen LogP contribution in [0.15, 0.2) is 54.9 Å². The molecule has 2 aromatic rings. The summed E-state index contributed by atoms with van der Waals surface area (Å²) in [4.78, 5) is 3.98. The normalized spacial score (nSPS) is 17.6. The lowest BCUT2D eigenvalue weighted by molar-refractivity contribution is 0.168. The van der Waals surface area contributed by atoms with E-state index in [2.05, 4.69) is 34.6 Å². The summed E-state index contributed by atoms with van der Waals surface area (Å²) in [6.45, 7) is 0.570. The van der Waals surface area contributed by atoms with Crippen molar-refractivity contribution in [3.05, 3.63) is 66.0 Å². The first kappa shape index (κ1) is 13.3. The minimum Gasteiger partial charge on any atom is -0.387 e. The number of aromatic nitrogens is 1. The molecule has 0 amide bonds. The molecule has 1 aromatic heterocycles. The summed E-state index contributed by atoms with van der Waals surface area (Å²) < 4.78 is 0. The molecular weight excluding hydrogens is 248 g/mol. The average molecular weight is 268 g/mol. The highest BCUT2D eigenvalue weighted by Gasteiger charge is 2.32. The number of hydrogen-bond donors (Lipinski definition) is 2. The third-order valence-corrected chi connectivity index (χ3v) is 3.87. The molecule has 3 heteroatoms. The summed E-state index contributed by atoms with van der Waals surface area (Å²) in [6, 6.07) is 14.6. The van der Waals surface area contributed by atoms with Gasteiger partial charge in [-0.25, -0.2) is 0 Å². The zero-order valence-electron chi connectivity index (χ0n) is 11.4. The van der Waals surface area contributed by atoms with Gasteiger partial charge in [-0.3, -0.25) is 4.98 Å². The Morgan fingerprint density at radius 2 is 1.75 bits per heavy atom. The van der Waals surface area contributed by atoms with Crippen molar-refractivity contribution in [1.82, 2.24) is 10.3 Å². The molecule has 20 heavy (non-hydrogen) atoms. The third-order valence-electron chi connectivity index (χ3n) is 3.87. The zero-order chi connectivity index (χ0) is 13.8. The first-order chi connectivity index (χ1) is 9.84. The fourth-order valence-corrected chi connectivity index (χ4v) is 2.59. The fraction of sp³-hybridized carbons (Fsp3) is 0.353. The van der Waals surface area contributed by atoms with E-state index in [1.165, 1.54) is 18.4 Å². The molecule has 1 aliphatic carbocycles. The molecule has 3 nitrogen and oxygen atoms in total. The Morgan fingerprint density at radius 3 is 2.40 bits per heavy atom. The van der Waals surface area contributed by atoms with E-state index in [4.69, 9.17) is 0 Å². The van der Waals surface area contributed by atoms with Crippen molar-refractivity contribution >= 4 is 0 Å². The minimum absolute atomic E-state index is 0.354. The molecule has 2 N–H and O–H groups in total. The topological polar surface area (TPSA) is 45.1 Å². The number of nitrogens with one attached hydrogen (secondary N) is 1. The van der Waals surface area contributed by atoms with Crippen molar-refractivity contribution in [2.24, 2.45) is 5.92 Å². The van der Waals surface area contributed by atoms with Gasteiger partial charge in [0.1, 0.15) is 0 Å². The molecule has 0 unspecified atom stereocenters. The van der Waals surface area contributed by atoms with E-state index in [0.717, 1.165) is 5.56 Å². The van der Waals surface area contributed by atoms with Crippen LogP contribution in [0.1, 0.15) is 36.1 Å². The van der Waals surface area contributed by atoms with Gasteiger partial charge in [-0.1, -0.05) is 30.3 Å². The number of nitrogens with zero attached hydrogens (tertiary/aromatic N) is 1. The summed E-state index contributed by atoms with van der Waals surface area (Å²) in [6.07, 6.45) is 5.50. The van der Waals surface area contributed by atoms with Crippen LogP contribution in [0.3, 0.4) is 0 Å². The molecular formula is C17H20N2O. The SMILES string of the molecule is O[C@H](CN[C@H](c1ccccc1)C1CC1)c1ccncc1. The van der Waals surface area contributed by atoms with Crippen LogP contribution >= 0.6 is 0 Å². The van der Waals surface area contributed by atoms with E-state index in [9.17, 15) is 5.11 Å². The molecule has 0 saturated heterocycles. The smallest absolute Gasteiger partial charge is 0.0915 e. The Bertz CT molecular complexity index is 525. The van der Waals surface area contributed by atoms with Gasteiger partial charge >= 0.3 is 0 Å². The van der Waals surface area contributed by atoms with Crippen LogP contribution < -0.4 is 5.32 Å². The Hall–Kier alpha value is -1.71. The van der Waals surface area contributed by atoms with Crippen molar-refractivity contribution in [3.8, 4) is 0 Å². The Kier molecular flexibility index (Phi) is 4.09. The number of rotatable bonds is 6. The van der Waals surface area contributed by atoms with Gasteiger partial charge in [0, 0.05) is 25.0 Å². The van der Waals surface area contributed by atoms with Crippen molar-refractivity contribution < 1.29 is 5.11 Å². The number of hydrogen-bond acceptors (Lipinski definition) is 3.